The fourth-order valence-corrected chi connectivity index (χ4v) is 4.07. The molecule has 0 spiro atoms. The predicted octanol–water partition coefficient (Wildman–Crippen LogP) is 3.57. The Kier molecular flexibility index (Phi) is 3.69. The standard InChI is InChI=1S/C18H23ClN2O3/c1-18(2,3)24-17(22)20-7-11-4-15(19)16(5-12(11)8-20)21-9-14-6-13(21)10-23-14/h4-5,13-14H,6-10H2,1-3H3/t13-,14-/m0/s1. The largest absolute Gasteiger partial charge is 0.444 e. The summed E-state index contributed by atoms with van der Waals surface area (Å²) in [6.45, 7) is 8.46. The van der Waals surface area contributed by atoms with Gasteiger partial charge in [-0.2, -0.15) is 0 Å². The number of benzene rings is 1. The molecule has 2 saturated heterocycles. The second-order valence-electron chi connectivity index (χ2n) is 7.91. The van der Waals surface area contributed by atoms with Crippen LogP contribution in [0.15, 0.2) is 12.1 Å². The summed E-state index contributed by atoms with van der Waals surface area (Å²) in [5.74, 6) is 0. The van der Waals surface area contributed by atoms with Crippen LogP contribution in [0, 0.1) is 0 Å². The normalized spacial score (nSPS) is 25.3. The number of ether oxygens (including phenoxy) is 2. The quantitative estimate of drug-likeness (QED) is 0.776. The fourth-order valence-electron chi connectivity index (χ4n) is 3.78. The number of morpholine rings is 1. The van der Waals surface area contributed by atoms with Gasteiger partial charge in [0, 0.05) is 19.6 Å². The summed E-state index contributed by atoms with van der Waals surface area (Å²) < 4.78 is 11.2. The lowest BCUT2D eigenvalue weighted by molar-refractivity contribution is 0.0242. The molecule has 4 rings (SSSR count). The van der Waals surface area contributed by atoms with Crippen LogP contribution in [-0.4, -0.2) is 41.9 Å². The molecule has 2 bridgehead atoms. The fraction of sp³-hybridized carbons (Fsp3) is 0.611. The number of halogens is 1. The maximum absolute atomic E-state index is 12.3. The number of carbonyl (C=O) groups excluding carboxylic acids is 1. The zero-order chi connectivity index (χ0) is 17.1. The van der Waals surface area contributed by atoms with Gasteiger partial charge in [-0.1, -0.05) is 11.6 Å². The van der Waals surface area contributed by atoms with Crippen molar-refractivity contribution in [1.82, 2.24) is 4.90 Å². The number of fused-ring (bicyclic) bond motifs is 3. The summed E-state index contributed by atoms with van der Waals surface area (Å²) in [4.78, 5) is 16.4. The van der Waals surface area contributed by atoms with Gasteiger partial charge in [0.25, 0.3) is 0 Å². The number of nitrogens with zero attached hydrogens (tertiary/aromatic N) is 2. The van der Waals surface area contributed by atoms with Gasteiger partial charge in [-0.3, -0.25) is 4.90 Å². The molecule has 2 atom stereocenters. The Morgan fingerprint density at radius 3 is 2.58 bits per heavy atom. The third kappa shape index (κ3) is 2.84. The van der Waals surface area contributed by atoms with E-state index in [4.69, 9.17) is 21.1 Å². The van der Waals surface area contributed by atoms with Gasteiger partial charge in [-0.15, -0.1) is 0 Å². The SMILES string of the molecule is CC(C)(C)OC(=O)N1Cc2cc(Cl)c(N3C[C@@H]4C[C@H]3CO4)cc2C1. The highest BCUT2D eigenvalue weighted by Gasteiger charge is 2.40. The molecule has 5 nitrogen and oxygen atoms in total. The minimum absolute atomic E-state index is 0.273. The highest BCUT2D eigenvalue weighted by atomic mass is 35.5. The van der Waals surface area contributed by atoms with E-state index >= 15 is 0 Å². The monoisotopic (exact) mass is 350 g/mol. The van der Waals surface area contributed by atoms with E-state index in [2.05, 4.69) is 11.0 Å². The van der Waals surface area contributed by atoms with Crippen molar-refractivity contribution in [3.63, 3.8) is 0 Å². The van der Waals surface area contributed by atoms with E-state index in [1.807, 2.05) is 26.8 Å². The third-order valence-electron chi connectivity index (χ3n) is 4.85. The van der Waals surface area contributed by atoms with Crippen LogP contribution < -0.4 is 4.90 Å². The van der Waals surface area contributed by atoms with Crippen molar-refractivity contribution in [2.45, 2.75) is 58.0 Å². The average molecular weight is 351 g/mol. The molecule has 0 radical (unpaired) electrons. The first-order valence-electron chi connectivity index (χ1n) is 8.47. The minimum Gasteiger partial charge on any atom is -0.444 e. The van der Waals surface area contributed by atoms with E-state index in [9.17, 15) is 4.79 Å². The van der Waals surface area contributed by atoms with Gasteiger partial charge in [-0.25, -0.2) is 4.79 Å². The number of hydrogen-bond acceptors (Lipinski definition) is 4. The molecule has 6 heteroatoms. The van der Waals surface area contributed by atoms with Crippen molar-refractivity contribution in [2.24, 2.45) is 0 Å². The van der Waals surface area contributed by atoms with Crippen molar-refractivity contribution in [1.29, 1.82) is 0 Å². The summed E-state index contributed by atoms with van der Waals surface area (Å²) in [5.41, 5.74) is 2.85. The van der Waals surface area contributed by atoms with Gasteiger partial charge in [0.1, 0.15) is 5.60 Å². The summed E-state index contributed by atoms with van der Waals surface area (Å²) in [7, 11) is 0. The number of amides is 1. The van der Waals surface area contributed by atoms with Crippen molar-refractivity contribution < 1.29 is 14.3 Å². The zero-order valence-electron chi connectivity index (χ0n) is 14.3. The molecule has 2 fully saturated rings. The van der Waals surface area contributed by atoms with Gasteiger partial charge < -0.3 is 14.4 Å². The second kappa shape index (κ2) is 5.53. The Morgan fingerprint density at radius 1 is 1.29 bits per heavy atom. The van der Waals surface area contributed by atoms with Crippen molar-refractivity contribution in [2.75, 3.05) is 18.1 Å². The molecule has 0 N–H and O–H groups in total. The van der Waals surface area contributed by atoms with Crippen LogP contribution in [0.3, 0.4) is 0 Å². The molecular formula is C18H23ClN2O3. The van der Waals surface area contributed by atoms with Gasteiger partial charge in [0.2, 0.25) is 0 Å². The molecule has 130 valence electrons. The first kappa shape index (κ1) is 16.0. The van der Waals surface area contributed by atoms with Crippen LogP contribution in [0.25, 0.3) is 0 Å². The Labute approximate surface area is 147 Å². The Hall–Kier alpha value is -1.46. The molecule has 1 aromatic rings. The molecule has 0 aliphatic carbocycles. The zero-order valence-corrected chi connectivity index (χ0v) is 15.1. The predicted molar refractivity (Wildman–Crippen MR) is 92.4 cm³/mol. The van der Waals surface area contributed by atoms with Gasteiger partial charge in [0.15, 0.2) is 0 Å². The van der Waals surface area contributed by atoms with Crippen LogP contribution in [0.2, 0.25) is 5.02 Å². The lowest BCUT2D eigenvalue weighted by atomic mass is 10.1. The summed E-state index contributed by atoms with van der Waals surface area (Å²) in [6.07, 6.45) is 1.14. The van der Waals surface area contributed by atoms with Crippen LogP contribution in [0.5, 0.6) is 0 Å². The van der Waals surface area contributed by atoms with E-state index in [0.29, 0.717) is 25.2 Å². The Balaban J connectivity index is 1.54. The third-order valence-corrected chi connectivity index (χ3v) is 5.16. The molecular weight excluding hydrogens is 328 g/mol. The highest BCUT2D eigenvalue weighted by molar-refractivity contribution is 6.33. The van der Waals surface area contributed by atoms with Crippen LogP contribution in [0.1, 0.15) is 38.3 Å². The van der Waals surface area contributed by atoms with E-state index in [-0.39, 0.29) is 6.09 Å². The maximum atomic E-state index is 12.3. The van der Waals surface area contributed by atoms with Crippen LogP contribution in [-0.2, 0) is 22.6 Å². The minimum atomic E-state index is -0.483. The average Bonchev–Trinajstić information content (AvgIpc) is 3.18. The van der Waals surface area contributed by atoms with E-state index < -0.39 is 5.60 Å². The van der Waals surface area contributed by atoms with Gasteiger partial charge >= 0.3 is 6.09 Å². The summed E-state index contributed by atoms with van der Waals surface area (Å²) in [5, 5.41) is 0.757. The van der Waals surface area contributed by atoms with Crippen LogP contribution in [0.4, 0.5) is 10.5 Å². The molecule has 0 saturated carbocycles. The number of carbonyl (C=O) groups is 1. The van der Waals surface area contributed by atoms with E-state index in [0.717, 1.165) is 41.4 Å². The first-order chi connectivity index (χ1) is 11.3. The summed E-state index contributed by atoms with van der Waals surface area (Å²) >= 11 is 6.54. The molecule has 3 aliphatic heterocycles. The molecule has 24 heavy (non-hydrogen) atoms. The molecule has 3 heterocycles. The Morgan fingerprint density at radius 2 is 2.00 bits per heavy atom. The van der Waals surface area contributed by atoms with E-state index in [1.54, 1.807) is 4.90 Å². The molecule has 0 aromatic heterocycles. The number of rotatable bonds is 1. The van der Waals surface area contributed by atoms with E-state index in [1.165, 1.54) is 0 Å². The molecule has 3 aliphatic rings. The highest BCUT2D eigenvalue weighted by Crippen LogP contribution is 2.39. The molecule has 1 amide bonds. The van der Waals surface area contributed by atoms with Crippen molar-refractivity contribution in [3.05, 3.63) is 28.3 Å². The molecule has 0 unspecified atom stereocenters. The lowest BCUT2D eigenvalue weighted by Gasteiger charge is -2.30. The van der Waals surface area contributed by atoms with Crippen LogP contribution >= 0.6 is 11.6 Å². The smallest absolute Gasteiger partial charge is 0.410 e. The summed E-state index contributed by atoms with van der Waals surface area (Å²) in [6, 6.07) is 4.57. The maximum Gasteiger partial charge on any atom is 0.410 e. The van der Waals surface area contributed by atoms with Crippen molar-refractivity contribution in [3.8, 4) is 0 Å². The van der Waals surface area contributed by atoms with Gasteiger partial charge in [0.05, 0.1) is 29.5 Å². The molecule has 1 aromatic carbocycles. The Bertz CT molecular complexity index is 686. The van der Waals surface area contributed by atoms with Gasteiger partial charge in [-0.05, 0) is 50.5 Å². The lowest BCUT2D eigenvalue weighted by Crippen LogP contribution is -2.37. The number of anilines is 1. The topological polar surface area (TPSA) is 42.0 Å². The number of hydrogen-bond donors (Lipinski definition) is 0. The first-order valence-corrected chi connectivity index (χ1v) is 8.85. The van der Waals surface area contributed by atoms with Crippen molar-refractivity contribution >= 4 is 23.4 Å². The second-order valence-corrected chi connectivity index (χ2v) is 8.31.